The molecule has 0 heterocycles. The molecule has 0 aliphatic carbocycles. The van der Waals surface area contributed by atoms with Crippen molar-refractivity contribution < 1.29 is 24.2 Å². The molecule has 0 aliphatic heterocycles. The van der Waals surface area contributed by atoms with E-state index < -0.39 is 5.97 Å². The predicted molar refractivity (Wildman–Crippen MR) is 90.4 cm³/mol. The van der Waals surface area contributed by atoms with Crippen molar-refractivity contribution >= 4 is 33.5 Å². The van der Waals surface area contributed by atoms with E-state index in [2.05, 4.69) is 21.2 Å². The van der Waals surface area contributed by atoms with Gasteiger partial charge in [0, 0.05) is 16.1 Å². The summed E-state index contributed by atoms with van der Waals surface area (Å²) in [4.78, 5) is 23.5. The van der Waals surface area contributed by atoms with Crippen molar-refractivity contribution in [2.45, 2.75) is 6.42 Å². The van der Waals surface area contributed by atoms with Crippen LogP contribution in [-0.4, -0.2) is 26.1 Å². The number of anilines is 1. The normalized spacial score (nSPS) is 10.1. The average Bonchev–Trinajstić information content (AvgIpc) is 2.56. The second kappa shape index (κ2) is 7.83. The van der Waals surface area contributed by atoms with E-state index in [-0.39, 0.29) is 29.3 Å². The summed E-state index contributed by atoms with van der Waals surface area (Å²) in [6, 6.07) is 9.90. The molecule has 0 saturated carbocycles. The lowest BCUT2D eigenvalue weighted by Gasteiger charge is -2.16. The number of amides is 1. The molecule has 0 atom stereocenters. The minimum atomic E-state index is -1.42. The Hall–Kier alpha value is -2.54. The number of hydrogen-bond donors (Lipinski definition) is 1. The molecule has 6 nitrogen and oxygen atoms in total. The van der Waals surface area contributed by atoms with Gasteiger partial charge >= 0.3 is 0 Å². The van der Waals surface area contributed by atoms with E-state index in [9.17, 15) is 14.7 Å². The zero-order valence-corrected chi connectivity index (χ0v) is 14.7. The molecule has 0 saturated heterocycles. The molecule has 0 unspecified atom stereocenters. The standard InChI is InChI=1S/C17H16BrNO5/c1-23-14-8-12(17(21)22)13(9-15(14)24-2)19-16(20)7-10-3-5-11(18)6-4-10/h3-6,8-9H,7H2,1-2H3,(H,19,20)(H,21,22)/p-1. The number of carboxylic acids is 1. The van der Waals surface area contributed by atoms with Gasteiger partial charge in [-0.3, -0.25) is 4.79 Å². The van der Waals surface area contributed by atoms with E-state index in [0.717, 1.165) is 10.0 Å². The van der Waals surface area contributed by atoms with Crippen molar-refractivity contribution in [2.75, 3.05) is 19.5 Å². The zero-order chi connectivity index (χ0) is 17.7. The molecular weight excluding hydrogens is 378 g/mol. The second-order valence-corrected chi connectivity index (χ2v) is 5.81. The Balaban J connectivity index is 2.25. The van der Waals surface area contributed by atoms with Crippen LogP contribution in [0.5, 0.6) is 11.5 Å². The Morgan fingerprint density at radius 1 is 1.08 bits per heavy atom. The lowest BCUT2D eigenvalue weighted by atomic mass is 10.1. The zero-order valence-electron chi connectivity index (χ0n) is 13.1. The highest BCUT2D eigenvalue weighted by atomic mass is 79.9. The van der Waals surface area contributed by atoms with Crippen molar-refractivity contribution in [3.63, 3.8) is 0 Å². The summed E-state index contributed by atoms with van der Waals surface area (Å²) >= 11 is 3.32. The third-order valence-corrected chi connectivity index (χ3v) is 3.82. The molecule has 0 aromatic heterocycles. The first-order valence-electron chi connectivity index (χ1n) is 6.96. The Labute approximate surface area is 147 Å². The lowest BCUT2D eigenvalue weighted by molar-refractivity contribution is -0.254. The topological polar surface area (TPSA) is 87.7 Å². The molecule has 0 radical (unpaired) electrons. The molecule has 1 amide bonds. The van der Waals surface area contributed by atoms with Gasteiger partial charge in [-0.15, -0.1) is 0 Å². The van der Waals surface area contributed by atoms with Crippen LogP contribution in [0.15, 0.2) is 40.9 Å². The van der Waals surface area contributed by atoms with E-state index in [0.29, 0.717) is 5.75 Å². The number of ether oxygens (including phenoxy) is 2. The Morgan fingerprint density at radius 3 is 2.21 bits per heavy atom. The molecular formula is C17H15BrNO5-. The summed E-state index contributed by atoms with van der Waals surface area (Å²) in [5.74, 6) is -1.23. The van der Waals surface area contributed by atoms with Gasteiger partial charge in [-0.05, 0) is 23.8 Å². The molecule has 24 heavy (non-hydrogen) atoms. The van der Waals surface area contributed by atoms with Crippen molar-refractivity contribution in [1.82, 2.24) is 0 Å². The average molecular weight is 393 g/mol. The fourth-order valence-electron chi connectivity index (χ4n) is 2.13. The molecule has 2 aromatic rings. The van der Waals surface area contributed by atoms with E-state index in [1.807, 2.05) is 12.1 Å². The summed E-state index contributed by atoms with van der Waals surface area (Å²) in [6.45, 7) is 0. The van der Waals surface area contributed by atoms with Crippen molar-refractivity contribution in [2.24, 2.45) is 0 Å². The van der Waals surface area contributed by atoms with Crippen LogP contribution in [-0.2, 0) is 11.2 Å². The first-order valence-corrected chi connectivity index (χ1v) is 7.75. The quantitative estimate of drug-likeness (QED) is 0.812. The number of benzene rings is 2. The number of nitrogens with one attached hydrogen (secondary N) is 1. The summed E-state index contributed by atoms with van der Waals surface area (Å²) in [6.07, 6.45) is 0.105. The van der Waals surface area contributed by atoms with Crippen molar-refractivity contribution in [3.8, 4) is 11.5 Å². The van der Waals surface area contributed by atoms with Crippen LogP contribution < -0.4 is 19.9 Å². The molecule has 126 valence electrons. The molecule has 0 bridgehead atoms. The monoisotopic (exact) mass is 392 g/mol. The van der Waals surface area contributed by atoms with Crippen LogP contribution in [0.1, 0.15) is 15.9 Å². The highest BCUT2D eigenvalue weighted by Crippen LogP contribution is 2.33. The summed E-state index contributed by atoms with van der Waals surface area (Å²) in [5.41, 5.74) is 0.706. The highest BCUT2D eigenvalue weighted by Gasteiger charge is 2.14. The molecule has 7 heteroatoms. The Kier molecular flexibility index (Phi) is 5.81. The smallest absolute Gasteiger partial charge is 0.228 e. The van der Waals surface area contributed by atoms with Crippen LogP contribution >= 0.6 is 15.9 Å². The summed E-state index contributed by atoms with van der Waals surface area (Å²) in [5, 5.41) is 13.9. The SMILES string of the molecule is COc1cc(NC(=O)Cc2ccc(Br)cc2)c(C(=O)[O-])cc1OC. The van der Waals surface area contributed by atoms with Crippen LogP contribution in [0.2, 0.25) is 0 Å². The molecule has 2 aromatic carbocycles. The first-order chi connectivity index (χ1) is 11.4. The number of halogens is 1. The van der Waals surface area contributed by atoms with Crippen molar-refractivity contribution in [3.05, 3.63) is 52.0 Å². The van der Waals surface area contributed by atoms with Gasteiger partial charge < -0.3 is 24.7 Å². The number of rotatable bonds is 6. The maximum absolute atomic E-state index is 12.2. The van der Waals surface area contributed by atoms with E-state index >= 15 is 0 Å². The lowest BCUT2D eigenvalue weighted by Crippen LogP contribution is -2.25. The summed E-state index contributed by atoms with van der Waals surface area (Å²) < 4.78 is 11.1. The van der Waals surface area contributed by atoms with Crippen LogP contribution in [0, 0.1) is 0 Å². The first kappa shape index (κ1) is 17.8. The largest absolute Gasteiger partial charge is 0.545 e. The van der Waals surface area contributed by atoms with Gasteiger partial charge in [-0.25, -0.2) is 0 Å². The van der Waals surface area contributed by atoms with Crippen molar-refractivity contribution in [1.29, 1.82) is 0 Å². The number of carbonyl (C=O) groups is 2. The van der Waals surface area contributed by atoms with Gasteiger partial charge in [-0.1, -0.05) is 28.1 Å². The third kappa shape index (κ3) is 4.26. The van der Waals surface area contributed by atoms with E-state index in [4.69, 9.17) is 9.47 Å². The number of carbonyl (C=O) groups excluding carboxylic acids is 2. The molecule has 1 N–H and O–H groups in total. The fourth-order valence-corrected chi connectivity index (χ4v) is 2.40. The minimum Gasteiger partial charge on any atom is -0.545 e. The number of methoxy groups -OCH3 is 2. The predicted octanol–water partition coefficient (Wildman–Crippen LogP) is 2.01. The maximum atomic E-state index is 12.2. The van der Waals surface area contributed by atoms with Gasteiger partial charge in [0.2, 0.25) is 5.91 Å². The third-order valence-electron chi connectivity index (χ3n) is 3.30. The van der Waals surface area contributed by atoms with Gasteiger partial charge in [-0.2, -0.15) is 0 Å². The van der Waals surface area contributed by atoms with Gasteiger partial charge in [0.15, 0.2) is 11.5 Å². The van der Waals surface area contributed by atoms with Gasteiger partial charge in [0.05, 0.1) is 32.3 Å². The molecule has 0 aliphatic rings. The minimum absolute atomic E-state index is 0.0924. The Bertz CT molecular complexity index is 758. The van der Waals surface area contributed by atoms with Crippen LogP contribution in [0.3, 0.4) is 0 Å². The van der Waals surface area contributed by atoms with E-state index in [1.54, 1.807) is 12.1 Å². The number of aromatic carboxylic acids is 1. The fraction of sp³-hybridized carbons (Fsp3) is 0.176. The second-order valence-electron chi connectivity index (χ2n) is 4.89. The summed E-state index contributed by atoms with van der Waals surface area (Å²) in [7, 11) is 2.81. The maximum Gasteiger partial charge on any atom is 0.228 e. The molecule has 2 rings (SSSR count). The van der Waals surface area contributed by atoms with E-state index in [1.165, 1.54) is 26.4 Å². The van der Waals surface area contributed by atoms with Gasteiger partial charge in [0.1, 0.15) is 0 Å². The number of hydrogen-bond acceptors (Lipinski definition) is 5. The van der Waals surface area contributed by atoms with Crippen LogP contribution in [0.4, 0.5) is 5.69 Å². The Morgan fingerprint density at radius 2 is 1.67 bits per heavy atom. The number of carboxylic acid groups (broad SMARTS) is 1. The molecule has 0 spiro atoms. The highest BCUT2D eigenvalue weighted by molar-refractivity contribution is 9.10. The molecule has 0 fully saturated rings. The van der Waals surface area contributed by atoms with Gasteiger partial charge in [0.25, 0.3) is 0 Å². The van der Waals surface area contributed by atoms with Crippen LogP contribution in [0.25, 0.3) is 0 Å².